The number of nitrogens with one attached hydrogen (secondary N) is 2. The highest BCUT2D eigenvalue weighted by atomic mass is 16.5. The lowest BCUT2D eigenvalue weighted by molar-refractivity contribution is -0.131. The highest BCUT2D eigenvalue weighted by Gasteiger charge is 2.14. The van der Waals surface area contributed by atoms with Crippen LogP contribution in [0.3, 0.4) is 0 Å². The Bertz CT molecular complexity index is 564. The van der Waals surface area contributed by atoms with Crippen molar-refractivity contribution in [2.75, 3.05) is 6.61 Å². The SMILES string of the molecule is C/C=C/C=C/C(=O)NNC(=O)[C@@H](C)Oc1ccc(OCC)cc1. The first-order chi connectivity index (χ1) is 11.1. The fourth-order valence-electron chi connectivity index (χ4n) is 1.56. The number of hydrazine groups is 1. The summed E-state index contributed by atoms with van der Waals surface area (Å²) >= 11 is 0. The molecule has 1 aromatic rings. The molecular formula is C17H22N2O4. The van der Waals surface area contributed by atoms with Gasteiger partial charge in [-0.1, -0.05) is 18.2 Å². The molecule has 0 radical (unpaired) electrons. The van der Waals surface area contributed by atoms with Gasteiger partial charge in [-0.05, 0) is 45.0 Å². The third kappa shape index (κ3) is 7.17. The van der Waals surface area contributed by atoms with Gasteiger partial charge in [0.15, 0.2) is 6.10 Å². The first-order valence-electron chi connectivity index (χ1n) is 7.35. The van der Waals surface area contributed by atoms with Crippen molar-refractivity contribution in [2.24, 2.45) is 0 Å². The molecule has 0 fully saturated rings. The van der Waals surface area contributed by atoms with Crippen LogP contribution in [0, 0.1) is 0 Å². The average Bonchev–Trinajstić information content (AvgIpc) is 2.55. The standard InChI is InChI=1S/C17H22N2O4/c1-4-6-7-8-16(20)18-19-17(21)13(3)23-15-11-9-14(10-12-15)22-5-2/h4,6-13H,5H2,1-3H3,(H,18,20)(H,19,21)/b6-4+,8-7+/t13-/m1/s1. The number of hydrogen-bond acceptors (Lipinski definition) is 4. The van der Waals surface area contributed by atoms with Gasteiger partial charge < -0.3 is 9.47 Å². The molecule has 0 unspecified atom stereocenters. The molecule has 1 atom stereocenters. The van der Waals surface area contributed by atoms with E-state index in [0.717, 1.165) is 5.75 Å². The van der Waals surface area contributed by atoms with Crippen LogP contribution >= 0.6 is 0 Å². The Kier molecular flexibility index (Phi) is 7.99. The highest BCUT2D eigenvalue weighted by molar-refractivity contribution is 5.90. The lowest BCUT2D eigenvalue weighted by atomic mass is 10.3. The molecule has 0 bridgehead atoms. The summed E-state index contributed by atoms with van der Waals surface area (Å²) < 4.78 is 10.8. The zero-order valence-electron chi connectivity index (χ0n) is 13.5. The van der Waals surface area contributed by atoms with Gasteiger partial charge in [-0.3, -0.25) is 20.4 Å². The lowest BCUT2D eigenvalue weighted by Crippen LogP contribution is -2.46. The van der Waals surface area contributed by atoms with Crippen LogP contribution in [-0.4, -0.2) is 24.5 Å². The van der Waals surface area contributed by atoms with Crippen molar-refractivity contribution < 1.29 is 19.1 Å². The van der Waals surface area contributed by atoms with Crippen LogP contribution in [0.1, 0.15) is 20.8 Å². The smallest absolute Gasteiger partial charge is 0.279 e. The quantitative estimate of drug-likeness (QED) is 0.459. The van der Waals surface area contributed by atoms with Crippen molar-refractivity contribution in [1.29, 1.82) is 0 Å². The van der Waals surface area contributed by atoms with Crippen LogP contribution in [0.5, 0.6) is 11.5 Å². The van der Waals surface area contributed by atoms with E-state index in [1.165, 1.54) is 6.08 Å². The highest BCUT2D eigenvalue weighted by Crippen LogP contribution is 2.18. The summed E-state index contributed by atoms with van der Waals surface area (Å²) in [4.78, 5) is 23.2. The molecule has 0 saturated heterocycles. The predicted octanol–water partition coefficient (Wildman–Crippen LogP) is 2.13. The molecule has 6 heteroatoms. The van der Waals surface area contributed by atoms with Gasteiger partial charge in [0.25, 0.3) is 11.8 Å². The van der Waals surface area contributed by atoms with E-state index < -0.39 is 17.9 Å². The molecule has 1 rings (SSSR count). The van der Waals surface area contributed by atoms with Crippen molar-refractivity contribution in [1.82, 2.24) is 10.9 Å². The number of amides is 2. The van der Waals surface area contributed by atoms with Crippen LogP contribution in [0.2, 0.25) is 0 Å². The number of allylic oxidation sites excluding steroid dienone is 3. The van der Waals surface area contributed by atoms with Crippen molar-refractivity contribution >= 4 is 11.8 Å². The Morgan fingerprint density at radius 1 is 1.13 bits per heavy atom. The van der Waals surface area contributed by atoms with Gasteiger partial charge in [0.2, 0.25) is 0 Å². The Hall–Kier alpha value is -2.76. The van der Waals surface area contributed by atoms with E-state index in [-0.39, 0.29) is 0 Å². The second-order valence-electron chi connectivity index (χ2n) is 4.53. The predicted molar refractivity (Wildman–Crippen MR) is 87.9 cm³/mol. The van der Waals surface area contributed by atoms with Crippen molar-refractivity contribution in [3.63, 3.8) is 0 Å². The molecule has 6 nitrogen and oxygen atoms in total. The van der Waals surface area contributed by atoms with Gasteiger partial charge in [0, 0.05) is 6.08 Å². The summed E-state index contributed by atoms with van der Waals surface area (Å²) in [5.41, 5.74) is 4.57. The minimum Gasteiger partial charge on any atom is -0.494 e. The Morgan fingerprint density at radius 3 is 2.39 bits per heavy atom. The number of rotatable bonds is 7. The number of hydrogen-bond donors (Lipinski definition) is 2. The van der Waals surface area contributed by atoms with Crippen molar-refractivity contribution in [3.05, 3.63) is 48.6 Å². The molecule has 0 aliphatic heterocycles. The largest absolute Gasteiger partial charge is 0.494 e. The Balaban J connectivity index is 2.42. The summed E-state index contributed by atoms with van der Waals surface area (Å²) in [7, 11) is 0. The Labute approximate surface area is 136 Å². The van der Waals surface area contributed by atoms with Crippen molar-refractivity contribution in [2.45, 2.75) is 26.9 Å². The summed E-state index contributed by atoms with van der Waals surface area (Å²) in [5, 5.41) is 0. The molecule has 23 heavy (non-hydrogen) atoms. The van der Waals surface area contributed by atoms with Crippen LogP contribution in [0.15, 0.2) is 48.6 Å². The fourth-order valence-corrected chi connectivity index (χ4v) is 1.56. The molecule has 0 aromatic heterocycles. The minimum absolute atomic E-state index is 0.426. The minimum atomic E-state index is -0.757. The summed E-state index contributed by atoms with van der Waals surface area (Å²) in [6.07, 6.45) is 5.61. The molecule has 2 N–H and O–H groups in total. The van der Waals surface area contributed by atoms with E-state index in [4.69, 9.17) is 9.47 Å². The summed E-state index contributed by atoms with van der Waals surface area (Å²) in [6.45, 7) is 5.91. The second-order valence-corrected chi connectivity index (χ2v) is 4.53. The number of benzene rings is 1. The normalized spacial score (nSPS) is 12.1. The first kappa shape index (κ1) is 18.3. The van der Waals surface area contributed by atoms with Crippen LogP contribution < -0.4 is 20.3 Å². The van der Waals surface area contributed by atoms with Crippen molar-refractivity contribution in [3.8, 4) is 11.5 Å². The maximum Gasteiger partial charge on any atom is 0.279 e. The van der Waals surface area contributed by atoms with E-state index in [1.54, 1.807) is 49.4 Å². The molecule has 0 aliphatic carbocycles. The van der Waals surface area contributed by atoms with Gasteiger partial charge in [0.05, 0.1) is 6.61 Å². The third-order valence-corrected chi connectivity index (χ3v) is 2.68. The molecule has 1 aromatic carbocycles. The fraction of sp³-hybridized carbons (Fsp3) is 0.294. The van der Waals surface area contributed by atoms with Gasteiger partial charge in [-0.15, -0.1) is 0 Å². The van der Waals surface area contributed by atoms with Crippen LogP contribution in [0.4, 0.5) is 0 Å². The molecule has 124 valence electrons. The second kappa shape index (κ2) is 10.0. The zero-order valence-corrected chi connectivity index (χ0v) is 13.5. The van der Waals surface area contributed by atoms with Gasteiger partial charge >= 0.3 is 0 Å². The molecule has 2 amide bonds. The Morgan fingerprint density at radius 2 is 1.78 bits per heavy atom. The third-order valence-electron chi connectivity index (χ3n) is 2.68. The first-order valence-corrected chi connectivity index (χ1v) is 7.35. The molecule has 0 spiro atoms. The zero-order chi connectivity index (χ0) is 17.1. The van der Waals surface area contributed by atoms with E-state index in [2.05, 4.69) is 10.9 Å². The van der Waals surface area contributed by atoms with Gasteiger partial charge in [-0.25, -0.2) is 0 Å². The molecular weight excluding hydrogens is 296 g/mol. The maximum atomic E-state index is 11.8. The van der Waals surface area contributed by atoms with E-state index >= 15 is 0 Å². The topological polar surface area (TPSA) is 76.7 Å². The maximum absolute atomic E-state index is 11.8. The van der Waals surface area contributed by atoms with E-state index in [9.17, 15) is 9.59 Å². The van der Waals surface area contributed by atoms with Crippen LogP contribution in [-0.2, 0) is 9.59 Å². The number of carbonyl (C=O) groups excluding carboxylic acids is 2. The molecule has 0 saturated carbocycles. The number of carbonyl (C=O) groups is 2. The summed E-state index contributed by atoms with van der Waals surface area (Å²) in [6, 6.07) is 6.95. The number of ether oxygens (including phenoxy) is 2. The average molecular weight is 318 g/mol. The van der Waals surface area contributed by atoms with E-state index in [0.29, 0.717) is 12.4 Å². The van der Waals surface area contributed by atoms with Crippen LogP contribution in [0.25, 0.3) is 0 Å². The van der Waals surface area contributed by atoms with Gasteiger partial charge in [-0.2, -0.15) is 0 Å². The summed E-state index contributed by atoms with van der Waals surface area (Å²) in [5.74, 6) is 0.393. The lowest BCUT2D eigenvalue weighted by Gasteiger charge is -2.15. The molecule has 0 aliphatic rings. The van der Waals surface area contributed by atoms with Gasteiger partial charge in [0.1, 0.15) is 11.5 Å². The monoisotopic (exact) mass is 318 g/mol. The van der Waals surface area contributed by atoms with E-state index in [1.807, 2.05) is 13.8 Å². The molecule has 0 heterocycles.